The molecule has 0 bridgehead atoms. The van der Waals surface area contributed by atoms with Gasteiger partial charge in [0.05, 0.1) is 25.2 Å². The number of phenols is 1. The van der Waals surface area contributed by atoms with Gasteiger partial charge < -0.3 is 25.5 Å². The van der Waals surface area contributed by atoms with E-state index in [-0.39, 0.29) is 23.0 Å². The zero-order chi connectivity index (χ0) is 21.9. The third-order valence-corrected chi connectivity index (χ3v) is 5.28. The molecule has 0 aliphatic heterocycles. The molecular formula is C22H36O6. The van der Waals surface area contributed by atoms with Crippen molar-refractivity contribution >= 4 is 5.78 Å². The number of rotatable bonds is 8. The molecule has 1 atom stereocenters. The Labute approximate surface area is 167 Å². The van der Waals surface area contributed by atoms with Crippen LogP contribution < -0.4 is 0 Å². The number of hydrogen-bond donors (Lipinski definition) is 5. The molecule has 5 N–H and O–H groups in total. The van der Waals surface area contributed by atoms with Gasteiger partial charge in [0.2, 0.25) is 0 Å². The molecule has 1 unspecified atom stereocenters. The zero-order valence-corrected chi connectivity index (χ0v) is 17.9. The number of aryl methyl sites for hydroxylation is 1. The van der Waals surface area contributed by atoms with Gasteiger partial charge in [0, 0.05) is 6.42 Å². The molecule has 0 aromatic heterocycles. The van der Waals surface area contributed by atoms with Gasteiger partial charge in [0.25, 0.3) is 0 Å². The molecule has 0 saturated heterocycles. The maximum absolute atomic E-state index is 12.4. The molecule has 1 rings (SSSR count). The number of benzene rings is 1. The van der Waals surface area contributed by atoms with Crippen LogP contribution in [-0.4, -0.2) is 57.2 Å². The summed E-state index contributed by atoms with van der Waals surface area (Å²) in [5.74, 6) is -0.296. The summed E-state index contributed by atoms with van der Waals surface area (Å²) >= 11 is 0. The van der Waals surface area contributed by atoms with E-state index >= 15 is 0 Å². The summed E-state index contributed by atoms with van der Waals surface area (Å²) in [6.45, 7) is 9.93. The van der Waals surface area contributed by atoms with Crippen molar-refractivity contribution in [3.8, 4) is 5.75 Å². The lowest BCUT2D eigenvalue weighted by Gasteiger charge is -2.31. The number of hydrogen-bond acceptors (Lipinski definition) is 6. The molecule has 0 radical (unpaired) electrons. The van der Waals surface area contributed by atoms with Gasteiger partial charge in [-0.1, -0.05) is 53.7 Å². The van der Waals surface area contributed by atoms with Crippen LogP contribution in [0.3, 0.4) is 0 Å². The number of phenolic OH excluding ortho intramolecular Hbond substituents is 1. The molecule has 6 nitrogen and oxygen atoms in total. The Morgan fingerprint density at radius 2 is 1.29 bits per heavy atom. The maximum atomic E-state index is 12.4. The highest BCUT2D eigenvalue weighted by atomic mass is 16.3. The number of carbonyl (C=O) groups is 1. The summed E-state index contributed by atoms with van der Waals surface area (Å²) in [5, 5.41) is 49.2. The molecule has 0 heterocycles. The predicted molar refractivity (Wildman–Crippen MR) is 109 cm³/mol. The van der Waals surface area contributed by atoms with Crippen LogP contribution in [-0.2, 0) is 22.0 Å². The van der Waals surface area contributed by atoms with Crippen molar-refractivity contribution in [1.82, 2.24) is 0 Å². The molecule has 160 valence electrons. The van der Waals surface area contributed by atoms with Gasteiger partial charge in [-0.25, -0.2) is 0 Å². The number of aliphatic hydroxyl groups is 4. The first-order valence-electron chi connectivity index (χ1n) is 9.63. The van der Waals surface area contributed by atoms with Crippen LogP contribution in [0.5, 0.6) is 5.75 Å². The van der Waals surface area contributed by atoms with Gasteiger partial charge in [-0.05, 0) is 33.9 Å². The molecule has 1 aromatic carbocycles. The van der Waals surface area contributed by atoms with Crippen LogP contribution in [0.1, 0.15) is 64.7 Å². The van der Waals surface area contributed by atoms with Crippen LogP contribution in [0.15, 0.2) is 12.1 Å². The minimum Gasteiger partial charge on any atom is -0.507 e. The van der Waals surface area contributed by atoms with E-state index in [1.165, 1.54) is 0 Å². The Morgan fingerprint density at radius 3 is 1.61 bits per heavy atom. The lowest BCUT2D eigenvalue weighted by Crippen LogP contribution is -2.49. The fraction of sp³-hybridized carbons (Fsp3) is 0.682. The summed E-state index contributed by atoms with van der Waals surface area (Å²) in [5.41, 5.74) is 0.207. The van der Waals surface area contributed by atoms with Crippen molar-refractivity contribution in [2.75, 3.05) is 19.8 Å². The Morgan fingerprint density at radius 1 is 0.893 bits per heavy atom. The summed E-state index contributed by atoms with van der Waals surface area (Å²) in [4.78, 5) is 12.4. The number of aromatic hydroxyl groups is 1. The van der Waals surface area contributed by atoms with Crippen LogP contribution >= 0.6 is 0 Å². The molecule has 0 fully saturated rings. The highest BCUT2D eigenvalue weighted by Crippen LogP contribution is 2.40. The summed E-state index contributed by atoms with van der Waals surface area (Å²) in [6.07, 6.45) is -1.34. The highest BCUT2D eigenvalue weighted by Gasteiger charge is 2.40. The first-order valence-corrected chi connectivity index (χ1v) is 9.63. The van der Waals surface area contributed by atoms with E-state index in [0.29, 0.717) is 6.42 Å². The van der Waals surface area contributed by atoms with E-state index < -0.39 is 37.1 Å². The summed E-state index contributed by atoms with van der Waals surface area (Å²) < 4.78 is 0. The summed E-state index contributed by atoms with van der Waals surface area (Å²) in [6, 6.07) is 3.75. The lowest BCUT2D eigenvalue weighted by atomic mass is 9.77. The van der Waals surface area contributed by atoms with Crippen molar-refractivity contribution in [3.63, 3.8) is 0 Å². The third-order valence-electron chi connectivity index (χ3n) is 5.28. The Balaban J connectivity index is 3.18. The standard InChI is InChI=1S/C22H36O6/c1-20(2,3)15-9-14(10-16(18(15)27)21(4,5)6)7-8-17(26)19(28)22(11-23,12-24)13-25/h9-10,19,23-25,27-28H,7-8,11-13H2,1-6H3. The lowest BCUT2D eigenvalue weighted by molar-refractivity contribution is -0.144. The Hall–Kier alpha value is -1.47. The van der Waals surface area contributed by atoms with Crippen molar-refractivity contribution < 1.29 is 30.3 Å². The number of Topliss-reactive ketones (excluding diaryl/α,β-unsaturated/α-hetero) is 1. The Bertz CT molecular complexity index is 634. The molecule has 28 heavy (non-hydrogen) atoms. The van der Waals surface area contributed by atoms with E-state index in [1.807, 2.05) is 53.7 Å². The minimum absolute atomic E-state index is 0.0130. The van der Waals surface area contributed by atoms with Crippen LogP contribution in [0, 0.1) is 5.41 Å². The first kappa shape index (κ1) is 24.6. The molecule has 0 aliphatic carbocycles. The molecule has 1 aromatic rings. The maximum Gasteiger partial charge on any atom is 0.162 e. The molecule has 0 saturated carbocycles. The molecule has 0 amide bonds. The number of ketones is 1. The quantitative estimate of drug-likeness (QED) is 0.457. The van der Waals surface area contributed by atoms with Crippen molar-refractivity contribution in [3.05, 3.63) is 28.8 Å². The fourth-order valence-corrected chi connectivity index (χ4v) is 3.14. The number of aliphatic hydroxyl groups excluding tert-OH is 4. The SMILES string of the molecule is CC(C)(C)c1cc(CCC(=O)C(O)C(CO)(CO)CO)cc(C(C)(C)C)c1O. The summed E-state index contributed by atoms with van der Waals surface area (Å²) in [7, 11) is 0. The smallest absolute Gasteiger partial charge is 0.162 e. The second-order valence-electron chi connectivity index (χ2n) is 9.75. The fourth-order valence-electron chi connectivity index (χ4n) is 3.14. The predicted octanol–water partition coefficient (Wildman–Crippen LogP) is 1.81. The van der Waals surface area contributed by atoms with Crippen LogP contribution in [0.4, 0.5) is 0 Å². The largest absolute Gasteiger partial charge is 0.507 e. The normalized spacial score (nSPS) is 14.2. The zero-order valence-electron chi connectivity index (χ0n) is 17.9. The highest BCUT2D eigenvalue weighted by molar-refractivity contribution is 5.84. The van der Waals surface area contributed by atoms with E-state index in [4.69, 9.17) is 0 Å². The molecule has 0 aliphatic rings. The average Bonchev–Trinajstić information content (AvgIpc) is 2.60. The van der Waals surface area contributed by atoms with Crippen molar-refractivity contribution in [2.24, 2.45) is 5.41 Å². The Kier molecular flexibility index (Phi) is 7.81. The van der Waals surface area contributed by atoms with Gasteiger partial charge in [0.15, 0.2) is 5.78 Å². The van der Waals surface area contributed by atoms with E-state index in [0.717, 1.165) is 16.7 Å². The minimum atomic E-state index is -1.66. The van der Waals surface area contributed by atoms with E-state index in [9.17, 15) is 30.3 Å². The molecular weight excluding hydrogens is 360 g/mol. The second-order valence-corrected chi connectivity index (χ2v) is 9.75. The van der Waals surface area contributed by atoms with Crippen LogP contribution in [0.25, 0.3) is 0 Å². The van der Waals surface area contributed by atoms with Gasteiger partial charge in [0.1, 0.15) is 11.9 Å². The van der Waals surface area contributed by atoms with Crippen molar-refractivity contribution in [2.45, 2.75) is 71.3 Å². The third kappa shape index (κ3) is 5.32. The van der Waals surface area contributed by atoms with Gasteiger partial charge in [-0.2, -0.15) is 0 Å². The van der Waals surface area contributed by atoms with Gasteiger partial charge >= 0.3 is 0 Å². The molecule has 0 spiro atoms. The monoisotopic (exact) mass is 396 g/mol. The van der Waals surface area contributed by atoms with E-state index in [1.54, 1.807) is 0 Å². The average molecular weight is 397 g/mol. The second kappa shape index (κ2) is 8.91. The van der Waals surface area contributed by atoms with Gasteiger partial charge in [-0.3, -0.25) is 4.79 Å². The topological polar surface area (TPSA) is 118 Å². The van der Waals surface area contributed by atoms with Crippen molar-refractivity contribution in [1.29, 1.82) is 0 Å². The molecule has 6 heteroatoms. The van der Waals surface area contributed by atoms with E-state index in [2.05, 4.69) is 0 Å². The van der Waals surface area contributed by atoms with Gasteiger partial charge in [-0.15, -0.1) is 0 Å². The number of carbonyl (C=O) groups excluding carboxylic acids is 1. The van der Waals surface area contributed by atoms with Crippen LogP contribution in [0.2, 0.25) is 0 Å². The first-order chi connectivity index (χ1) is 12.7.